The molecule has 1 N–H and O–H groups in total. The fraction of sp³-hybridized carbons (Fsp3) is 0. The average molecular weight is 241 g/mol. The third-order valence-electron chi connectivity index (χ3n) is 1.82. The fourth-order valence-corrected chi connectivity index (χ4v) is 1.61. The van der Waals surface area contributed by atoms with Gasteiger partial charge >= 0.3 is 13.4 Å². The molecule has 1 aromatic carbocycles. The quantitative estimate of drug-likeness (QED) is 0.611. The number of phosphoric acid groups is 1. The Morgan fingerprint density at radius 3 is 2.69 bits per heavy atom. The molecule has 0 aliphatic heterocycles. The third kappa shape index (κ3) is 2.49. The van der Waals surface area contributed by atoms with Crippen molar-refractivity contribution in [2.24, 2.45) is 0 Å². The Balaban J connectivity index is 2.51. The zero-order valence-corrected chi connectivity index (χ0v) is 8.72. The molecular weight excluding hydrogens is 235 g/mol. The molecule has 6 nitrogen and oxygen atoms in total. The Morgan fingerprint density at radius 1 is 1.31 bits per heavy atom. The summed E-state index contributed by atoms with van der Waals surface area (Å²) < 4.78 is 19.5. The normalized spacial score (nSPS) is 14.6. The first-order valence-electron chi connectivity index (χ1n) is 4.21. The van der Waals surface area contributed by atoms with Crippen molar-refractivity contribution in [1.82, 2.24) is 0 Å². The summed E-state index contributed by atoms with van der Waals surface area (Å²) in [5.41, 5.74) is -0.377. The minimum Gasteiger partial charge on any atom is -0.746 e. The highest BCUT2D eigenvalue weighted by molar-refractivity contribution is 7.45. The second-order valence-corrected chi connectivity index (χ2v) is 4.13. The zero-order valence-electron chi connectivity index (χ0n) is 7.82. The van der Waals surface area contributed by atoms with Crippen LogP contribution in [0.4, 0.5) is 0 Å². The van der Waals surface area contributed by atoms with Gasteiger partial charge in [-0.15, -0.1) is 0 Å². The average Bonchev–Trinajstić information content (AvgIpc) is 2.14. The number of phosphoric ester groups is 1. The zero-order chi connectivity index (χ0) is 11.8. The van der Waals surface area contributed by atoms with Gasteiger partial charge in [-0.3, -0.25) is 4.57 Å². The van der Waals surface area contributed by atoms with Gasteiger partial charge in [-0.25, -0.2) is 4.79 Å². The summed E-state index contributed by atoms with van der Waals surface area (Å²) in [5, 5.41) is 0.616. The van der Waals surface area contributed by atoms with Crippen molar-refractivity contribution < 1.29 is 23.3 Å². The van der Waals surface area contributed by atoms with Gasteiger partial charge in [0.15, 0.2) is 0 Å². The van der Waals surface area contributed by atoms with Gasteiger partial charge in [0, 0.05) is 17.5 Å². The first-order chi connectivity index (χ1) is 7.44. The van der Waals surface area contributed by atoms with Crippen LogP contribution in [0.25, 0.3) is 11.0 Å². The molecule has 0 radical (unpaired) electrons. The summed E-state index contributed by atoms with van der Waals surface area (Å²) in [5.74, 6) is -0.123. The molecule has 1 atom stereocenters. The smallest absolute Gasteiger partial charge is 0.336 e. The number of rotatable bonds is 2. The number of fused-ring (bicyclic) bond motifs is 1. The van der Waals surface area contributed by atoms with Gasteiger partial charge in [-0.1, -0.05) is 0 Å². The topological polar surface area (TPSA) is 99.8 Å². The maximum Gasteiger partial charge on any atom is 0.336 e. The van der Waals surface area contributed by atoms with Crippen LogP contribution in [0.15, 0.2) is 39.5 Å². The number of benzene rings is 1. The van der Waals surface area contributed by atoms with Crippen LogP contribution in [-0.2, 0) is 4.57 Å². The molecule has 1 heterocycles. The maximum atomic E-state index is 10.9. The third-order valence-corrected chi connectivity index (χ3v) is 2.26. The summed E-state index contributed by atoms with van der Waals surface area (Å²) in [6.07, 6.45) is 0. The van der Waals surface area contributed by atoms with Gasteiger partial charge in [-0.2, -0.15) is 0 Å². The van der Waals surface area contributed by atoms with Crippen LogP contribution in [0.3, 0.4) is 0 Å². The van der Waals surface area contributed by atoms with E-state index in [9.17, 15) is 14.3 Å². The molecule has 0 amide bonds. The monoisotopic (exact) mass is 241 g/mol. The SMILES string of the molecule is O=c1ccc2ccc(OP(=O)([O-])O)cc2o1. The lowest BCUT2D eigenvalue weighted by Gasteiger charge is -2.16. The number of hydrogen-bond donors (Lipinski definition) is 1. The molecule has 0 bridgehead atoms. The predicted octanol–water partition coefficient (Wildman–Crippen LogP) is 0.632. The predicted molar refractivity (Wildman–Crippen MR) is 52.9 cm³/mol. The van der Waals surface area contributed by atoms with Crippen molar-refractivity contribution in [2.75, 3.05) is 0 Å². The lowest BCUT2D eigenvalue weighted by molar-refractivity contribution is -0.211. The molecule has 0 fully saturated rings. The van der Waals surface area contributed by atoms with Crippen molar-refractivity contribution in [3.63, 3.8) is 0 Å². The van der Waals surface area contributed by atoms with Crippen molar-refractivity contribution in [3.05, 3.63) is 40.8 Å². The first kappa shape index (κ1) is 10.9. The van der Waals surface area contributed by atoms with E-state index in [1.54, 1.807) is 0 Å². The summed E-state index contributed by atoms with van der Waals surface area (Å²) in [7, 11) is -4.85. The van der Waals surface area contributed by atoms with Gasteiger partial charge in [0.2, 0.25) is 0 Å². The molecule has 0 saturated heterocycles. The van der Waals surface area contributed by atoms with E-state index in [4.69, 9.17) is 9.31 Å². The molecule has 2 aromatic rings. The minimum atomic E-state index is -4.85. The Hall–Kier alpha value is -1.62. The van der Waals surface area contributed by atoms with E-state index in [-0.39, 0.29) is 11.3 Å². The summed E-state index contributed by atoms with van der Waals surface area (Å²) in [6, 6.07) is 6.82. The van der Waals surface area contributed by atoms with Gasteiger partial charge in [0.1, 0.15) is 11.3 Å². The highest BCUT2D eigenvalue weighted by Gasteiger charge is 2.06. The molecule has 7 heteroatoms. The molecule has 84 valence electrons. The van der Waals surface area contributed by atoms with Crippen LogP contribution in [0.2, 0.25) is 0 Å². The van der Waals surface area contributed by atoms with Gasteiger partial charge in [0.25, 0.3) is 0 Å². The summed E-state index contributed by atoms with van der Waals surface area (Å²) in [4.78, 5) is 29.9. The van der Waals surface area contributed by atoms with Crippen molar-refractivity contribution in [3.8, 4) is 5.75 Å². The molecule has 1 aromatic heterocycles. The molecule has 1 unspecified atom stereocenters. The van der Waals surface area contributed by atoms with Crippen molar-refractivity contribution in [2.45, 2.75) is 0 Å². The Labute approximate surface area is 89.3 Å². The minimum absolute atomic E-state index is 0.123. The largest absolute Gasteiger partial charge is 0.746 e. The second kappa shape index (κ2) is 3.75. The van der Waals surface area contributed by atoms with Gasteiger partial charge in [0.05, 0.1) is 0 Å². The van der Waals surface area contributed by atoms with E-state index in [0.717, 1.165) is 0 Å². The van der Waals surface area contributed by atoms with Crippen LogP contribution in [0.5, 0.6) is 5.75 Å². The maximum absolute atomic E-state index is 10.9. The fourth-order valence-electron chi connectivity index (χ4n) is 1.23. The van der Waals surface area contributed by atoms with Gasteiger partial charge in [-0.05, 0) is 18.2 Å². The Morgan fingerprint density at radius 2 is 2.00 bits per heavy atom. The van der Waals surface area contributed by atoms with Crippen LogP contribution in [-0.4, -0.2) is 4.89 Å². The van der Waals surface area contributed by atoms with Crippen LogP contribution in [0.1, 0.15) is 0 Å². The van der Waals surface area contributed by atoms with E-state index in [1.807, 2.05) is 0 Å². The second-order valence-electron chi connectivity index (χ2n) is 3.01. The molecule has 0 spiro atoms. The van der Waals surface area contributed by atoms with Gasteiger partial charge < -0.3 is 18.7 Å². The van der Waals surface area contributed by atoms with Crippen LogP contribution >= 0.6 is 7.82 Å². The first-order valence-corrected chi connectivity index (χ1v) is 5.71. The Bertz CT molecular complexity index is 625. The lowest BCUT2D eigenvalue weighted by Crippen LogP contribution is -2.05. The van der Waals surface area contributed by atoms with E-state index < -0.39 is 13.4 Å². The van der Waals surface area contributed by atoms with Crippen LogP contribution in [0, 0.1) is 0 Å². The highest BCUT2D eigenvalue weighted by atomic mass is 31.2. The van der Waals surface area contributed by atoms with E-state index in [1.165, 1.54) is 30.3 Å². The van der Waals surface area contributed by atoms with Crippen LogP contribution < -0.4 is 15.0 Å². The molecule has 16 heavy (non-hydrogen) atoms. The molecule has 0 aliphatic carbocycles. The lowest BCUT2D eigenvalue weighted by atomic mass is 10.2. The van der Waals surface area contributed by atoms with E-state index in [2.05, 4.69) is 4.52 Å². The molecule has 2 rings (SSSR count). The molecular formula is C9H6O6P-. The highest BCUT2D eigenvalue weighted by Crippen LogP contribution is 2.34. The molecule has 0 aliphatic rings. The number of hydrogen-bond acceptors (Lipinski definition) is 5. The summed E-state index contributed by atoms with van der Waals surface area (Å²) >= 11 is 0. The van der Waals surface area contributed by atoms with E-state index in [0.29, 0.717) is 5.39 Å². The standard InChI is InChI=1S/C9H7O6P/c10-9-4-2-6-1-3-7(5-8(6)14-9)15-16(11,12)13/h1-5H,(H2,11,12,13)/p-1. The van der Waals surface area contributed by atoms with Crippen molar-refractivity contribution in [1.29, 1.82) is 0 Å². The van der Waals surface area contributed by atoms with E-state index >= 15 is 0 Å². The molecule has 0 saturated carbocycles. The van der Waals surface area contributed by atoms with Crippen molar-refractivity contribution >= 4 is 18.8 Å². The summed E-state index contributed by atoms with van der Waals surface area (Å²) in [6.45, 7) is 0. The Kier molecular flexibility index (Phi) is 2.55.